The second kappa shape index (κ2) is 8.57. The normalized spacial score (nSPS) is 19.4. The molecule has 5 heteroatoms. The number of carbonyl (C=O) groups is 2. The molecule has 5 nitrogen and oxygen atoms in total. The Hall–Kier alpha value is -2.66. The molecule has 1 saturated heterocycles. The summed E-state index contributed by atoms with van der Waals surface area (Å²) in [4.78, 5) is 26.4. The fraction of sp³-hybridized carbons (Fsp3) is 0.391. The molecule has 1 unspecified atom stereocenters. The van der Waals surface area contributed by atoms with E-state index in [0.29, 0.717) is 26.0 Å². The Morgan fingerprint density at radius 1 is 1.14 bits per heavy atom. The lowest BCUT2D eigenvalue weighted by atomic mass is 9.90. The standard InChI is InChI=1S/C23H28N2O3/c1-3-5-21(26)25-12-13-28-23(16-25,22(24)27)15-18-6-4-7-20(14-18)19-10-8-17(2)9-11-19/h4,6-11,14H,3,5,12-13,15-16H2,1-2H3,(H2,24,27). The number of nitrogens with two attached hydrogens (primary N) is 1. The largest absolute Gasteiger partial charge is 0.367 e. The minimum Gasteiger partial charge on any atom is -0.367 e. The summed E-state index contributed by atoms with van der Waals surface area (Å²) in [5.41, 5.74) is 8.92. The first kappa shape index (κ1) is 20.1. The molecule has 1 fully saturated rings. The maximum absolute atomic E-state index is 12.4. The molecule has 0 bridgehead atoms. The second-order valence-electron chi connectivity index (χ2n) is 7.52. The van der Waals surface area contributed by atoms with Crippen molar-refractivity contribution in [3.8, 4) is 11.1 Å². The van der Waals surface area contributed by atoms with E-state index in [1.54, 1.807) is 4.90 Å². The molecule has 0 spiro atoms. The quantitative estimate of drug-likeness (QED) is 0.837. The number of primary amides is 1. The van der Waals surface area contributed by atoms with Gasteiger partial charge in [-0.2, -0.15) is 0 Å². The van der Waals surface area contributed by atoms with Crippen LogP contribution in [0.1, 0.15) is 30.9 Å². The molecule has 148 valence electrons. The van der Waals surface area contributed by atoms with E-state index >= 15 is 0 Å². The van der Waals surface area contributed by atoms with E-state index in [2.05, 4.69) is 37.3 Å². The zero-order chi connectivity index (χ0) is 20.1. The summed E-state index contributed by atoms with van der Waals surface area (Å²) < 4.78 is 5.88. The third-order valence-corrected chi connectivity index (χ3v) is 5.25. The highest BCUT2D eigenvalue weighted by atomic mass is 16.5. The number of aryl methyl sites for hydroxylation is 1. The SMILES string of the molecule is CCCC(=O)N1CCOC(Cc2cccc(-c3ccc(C)cc3)c2)(C(N)=O)C1. The van der Waals surface area contributed by atoms with Gasteiger partial charge in [-0.1, -0.05) is 61.0 Å². The lowest BCUT2D eigenvalue weighted by Gasteiger charge is -2.41. The number of rotatable bonds is 6. The fourth-order valence-corrected chi connectivity index (χ4v) is 3.65. The number of nitrogens with zero attached hydrogens (tertiary/aromatic N) is 1. The first-order chi connectivity index (χ1) is 13.4. The predicted octanol–water partition coefficient (Wildman–Crippen LogP) is 3.09. The summed E-state index contributed by atoms with van der Waals surface area (Å²) in [6.45, 7) is 5.04. The highest BCUT2D eigenvalue weighted by molar-refractivity contribution is 5.86. The lowest BCUT2D eigenvalue weighted by molar-refractivity contribution is -0.163. The van der Waals surface area contributed by atoms with Gasteiger partial charge in [-0.25, -0.2) is 0 Å². The average molecular weight is 380 g/mol. The van der Waals surface area contributed by atoms with Gasteiger partial charge in [0.15, 0.2) is 5.60 Å². The van der Waals surface area contributed by atoms with Gasteiger partial charge in [0.1, 0.15) is 0 Å². The number of morpholine rings is 1. The molecule has 0 saturated carbocycles. The molecular weight excluding hydrogens is 352 g/mol. The zero-order valence-electron chi connectivity index (χ0n) is 16.6. The van der Waals surface area contributed by atoms with Crippen LogP contribution in [0.3, 0.4) is 0 Å². The predicted molar refractivity (Wildman–Crippen MR) is 110 cm³/mol. The van der Waals surface area contributed by atoms with Crippen molar-refractivity contribution in [3.63, 3.8) is 0 Å². The molecule has 3 rings (SSSR count). The minimum absolute atomic E-state index is 0.0461. The van der Waals surface area contributed by atoms with E-state index in [9.17, 15) is 9.59 Å². The van der Waals surface area contributed by atoms with E-state index in [0.717, 1.165) is 23.1 Å². The third-order valence-electron chi connectivity index (χ3n) is 5.25. The number of hydrogen-bond acceptors (Lipinski definition) is 3. The van der Waals surface area contributed by atoms with Gasteiger partial charge in [0.2, 0.25) is 5.91 Å². The van der Waals surface area contributed by atoms with Gasteiger partial charge in [0.05, 0.1) is 13.2 Å². The van der Waals surface area contributed by atoms with Crippen LogP contribution < -0.4 is 5.73 Å². The van der Waals surface area contributed by atoms with E-state index in [1.165, 1.54) is 5.56 Å². The van der Waals surface area contributed by atoms with Crippen LogP contribution in [0, 0.1) is 6.92 Å². The van der Waals surface area contributed by atoms with Gasteiger partial charge in [0, 0.05) is 19.4 Å². The number of carbonyl (C=O) groups excluding carboxylic acids is 2. The van der Waals surface area contributed by atoms with Gasteiger partial charge >= 0.3 is 0 Å². The highest BCUT2D eigenvalue weighted by Gasteiger charge is 2.43. The topological polar surface area (TPSA) is 72.6 Å². The molecule has 2 N–H and O–H groups in total. The van der Waals surface area contributed by atoms with Crippen molar-refractivity contribution < 1.29 is 14.3 Å². The van der Waals surface area contributed by atoms with Crippen LogP contribution in [0.2, 0.25) is 0 Å². The van der Waals surface area contributed by atoms with Crippen molar-refractivity contribution in [2.45, 2.75) is 38.7 Å². The summed E-state index contributed by atoms with van der Waals surface area (Å²) in [6, 6.07) is 16.4. The molecule has 2 aromatic rings. The first-order valence-corrected chi connectivity index (χ1v) is 9.81. The summed E-state index contributed by atoms with van der Waals surface area (Å²) in [5.74, 6) is -0.480. The van der Waals surface area contributed by atoms with Crippen LogP contribution >= 0.6 is 0 Å². The highest BCUT2D eigenvalue weighted by Crippen LogP contribution is 2.27. The Morgan fingerprint density at radius 2 is 1.89 bits per heavy atom. The Kier molecular flexibility index (Phi) is 6.15. The van der Waals surface area contributed by atoms with Crippen molar-refractivity contribution in [2.24, 2.45) is 5.73 Å². The zero-order valence-corrected chi connectivity index (χ0v) is 16.6. The fourth-order valence-electron chi connectivity index (χ4n) is 3.65. The Balaban J connectivity index is 1.84. The average Bonchev–Trinajstić information content (AvgIpc) is 2.69. The monoisotopic (exact) mass is 380 g/mol. The summed E-state index contributed by atoms with van der Waals surface area (Å²) in [6.07, 6.45) is 1.59. The van der Waals surface area contributed by atoms with Crippen molar-refractivity contribution in [1.29, 1.82) is 0 Å². The molecule has 1 heterocycles. The van der Waals surface area contributed by atoms with Gasteiger partial charge in [-0.3, -0.25) is 9.59 Å². The van der Waals surface area contributed by atoms with Gasteiger partial charge in [-0.05, 0) is 30.0 Å². The third kappa shape index (κ3) is 4.42. The number of ether oxygens (including phenoxy) is 1. The van der Waals surface area contributed by atoms with Crippen LogP contribution in [0.25, 0.3) is 11.1 Å². The Morgan fingerprint density at radius 3 is 2.57 bits per heavy atom. The van der Waals surface area contributed by atoms with Crippen molar-refractivity contribution in [1.82, 2.24) is 4.90 Å². The maximum atomic E-state index is 12.4. The van der Waals surface area contributed by atoms with E-state index in [4.69, 9.17) is 10.5 Å². The van der Waals surface area contributed by atoms with Crippen molar-refractivity contribution >= 4 is 11.8 Å². The van der Waals surface area contributed by atoms with Crippen LogP contribution in [0.4, 0.5) is 0 Å². The second-order valence-corrected chi connectivity index (χ2v) is 7.52. The summed E-state index contributed by atoms with van der Waals surface area (Å²) in [5, 5.41) is 0. The van der Waals surface area contributed by atoms with Crippen molar-refractivity contribution in [3.05, 3.63) is 59.7 Å². The molecule has 0 aliphatic carbocycles. The van der Waals surface area contributed by atoms with Crippen LogP contribution in [-0.2, 0) is 20.7 Å². The minimum atomic E-state index is -1.19. The van der Waals surface area contributed by atoms with E-state index < -0.39 is 11.5 Å². The maximum Gasteiger partial charge on any atom is 0.251 e. The molecule has 0 aromatic heterocycles. The molecule has 2 aromatic carbocycles. The molecule has 2 amide bonds. The molecule has 1 aliphatic rings. The summed E-state index contributed by atoms with van der Waals surface area (Å²) >= 11 is 0. The van der Waals surface area contributed by atoms with Gasteiger partial charge in [0.25, 0.3) is 5.91 Å². The molecule has 1 aliphatic heterocycles. The van der Waals surface area contributed by atoms with Crippen LogP contribution in [0.15, 0.2) is 48.5 Å². The van der Waals surface area contributed by atoms with E-state index in [-0.39, 0.29) is 12.5 Å². The number of hydrogen-bond donors (Lipinski definition) is 1. The number of benzene rings is 2. The van der Waals surface area contributed by atoms with E-state index in [1.807, 2.05) is 25.1 Å². The van der Waals surface area contributed by atoms with Crippen LogP contribution in [-0.4, -0.2) is 42.0 Å². The molecule has 1 atom stereocenters. The molecular formula is C23H28N2O3. The molecule has 28 heavy (non-hydrogen) atoms. The summed E-state index contributed by atoms with van der Waals surface area (Å²) in [7, 11) is 0. The first-order valence-electron chi connectivity index (χ1n) is 9.81. The smallest absolute Gasteiger partial charge is 0.251 e. The van der Waals surface area contributed by atoms with Gasteiger partial charge < -0.3 is 15.4 Å². The number of amides is 2. The molecule has 0 radical (unpaired) electrons. The van der Waals surface area contributed by atoms with Crippen LogP contribution in [0.5, 0.6) is 0 Å². The van der Waals surface area contributed by atoms with Gasteiger partial charge in [-0.15, -0.1) is 0 Å². The Bertz CT molecular complexity index is 847. The van der Waals surface area contributed by atoms with Crippen molar-refractivity contribution in [2.75, 3.05) is 19.7 Å². The Labute approximate surface area is 166 Å². The lowest BCUT2D eigenvalue weighted by Crippen LogP contribution is -2.61.